The molecule has 0 bridgehead atoms. The monoisotopic (exact) mass is 430 g/mol. The van der Waals surface area contributed by atoms with Crippen molar-refractivity contribution in [2.24, 2.45) is 0 Å². The van der Waals surface area contributed by atoms with Crippen LogP contribution in [-0.2, 0) is 12.0 Å². The fourth-order valence-corrected chi connectivity index (χ4v) is 3.46. The highest BCUT2D eigenvalue weighted by molar-refractivity contribution is 7.15. The fraction of sp³-hybridized carbons (Fsp3) is 0.286. The molecule has 0 radical (unpaired) electrons. The summed E-state index contributed by atoms with van der Waals surface area (Å²) in [6.45, 7) is 8.62. The highest BCUT2D eigenvalue weighted by Crippen LogP contribution is 2.25. The van der Waals surface area contributed by atoms with Gasteiger partial charge in [0.25, 0.3) is 0 Å². The highest BCUT2D eigenvalue weighted by atomic mass is 35.5. The molecule has 6 nitrogen and oxygen atoms in total. The molecule has 1 aromatic heterocycles. The molecule has 2 N–H and O–H groups in total. The molecule has 0 saturated heterocycles. The van der Waals surface area contributed by atoms with Crippen LogP contribution in [0.25, 0.3) is 0 Å². The summed E-state index contributed by atoms with van der Waals surface area (Å²) >= 11 is 7.21. The number of hydrogen-bond donors (Lipinski definition) is 2. The molecule has 2 aromatic carbocycles. The maximum atomic E-state index is 12.2. The Morgan fingerprint density at radius 3 is 2.48 bits per heavy atom. The van der Waals surface area contributed by atoms with Crippen molar-refractivity contribution in [2.75, 3.05) is 10.6 Å². The maximum Gasteiger partial charge on any atom is 0.325 e. The molecule has 3 aromatic rings. The van der Waals surface area contributed by atoms with E-state index >= 15 is 0 Å². The molecule has 3 rings (SSSR count). The lowest BCUT2D eigenvalue weighted by molar-refractivity contribution is 0.262. The zero-order chi connectivity index (χ0) is 21.0. The Labute approximate surface area is 179 Å². The summed E-state index contributed by atoms with van der Waals surface area (Å²) in [5.74, 6) is 0.732. The second kappa shape index (κ2) is 8.80. The molecule has 8 heteroatoms. The second-order valence-corrected chi connectivity index (χ2v) is 9.10. The van der Waals surface area contributed by atoms with E-state index in [-0.39, 0.29) is 18.1 Å². The van der Waals surface area contributed by atoms with Crippen LogP contribution in [0, 0.1) is 6.92 Å². The Morgan fingerprint density at radius 1 is 1.10 bits per heavy atom. The fourth-order valence-electron chi connectivity index (χ4n) is 2.59. The number of halogens is 1. The van der Waals surface area contributed by atoms with Gasteiger partial charge in [0.2, 0.25) is 5.13 Å². The van der Waals surface area contributed by atoms with E-state index in [0.29, 0.717) is 20.8 Å². The van der Waals surface area contributed by atoms with Crippen LogP contribution in [0.3, 0.4) is 0 Å². The number of nitrogens with one attached hydrogen (secondary N) is 2. The second-order valence-electron chi connectivity index (χ2n) is 7.61. The van der Waals surface area contributed by atoms with Crippen molar-refractivity contribution in [3.63, 3.8) is 0 Å². The van der Waals surface area contributed by atoms with E-state index in [1.165, 1.54) is 16.9 Å². The van der Waals surface area contributed by atoms with Crippen molar-refractivity contribution in [2.45, 2.75) is 39.7 Å². The zero-order valence-corrected chi connectivity index (χ0v) is 18.3. The Kier molecular flexibility index (Phi) is 6.39. The Balaban J connectivity index is 1.53. The Hall–Kier alpha value is -2.64. The van der Waals surface area contributed by atoms with Crippen molar-refractivity contribution in [1.29, 1.82) is 0 Å². The van der Waals surface area contributed by atoms with E-state index in [2.05, 4.69) is 41.6 Å². The number of amides is 2. The molecular weight excluding hydrogens is 408 g/mol. The number of nitrogens with zero attached hydrogens (tertiary/aromatic N) is 2. The molecule has 0 saturated carbocycles. The number of benzene rings is 2. The van der Waals surface area contributed by atoms with Crippen LogP contribution in [0.4, 0.5) is 15.6 Å². The smallest absolute Gasteiger partial charge is 0.325 e. The minimum absolute atomic E-state index is 0.0658. The quantitative estimate of drug-likeness (QED) is 0.518. The minimum atomic E-state index is -0.370. The molecular formula is C21H23ClN4O2S. The molecule has 29 heavy (non-hydrogen) atoms. The number of anilines is 2. The van der Waals surface area contributed by atoms with Gasteiger partial charge in [-0.15, -0.1) is 10.2 Å². The molecule has 0 aliphatic heterocycles. The molecule has 0 unspecified atom stereocenters. The summed E-state index contributed by atoms with van der Waals surface area (Å²) in [5.41, 5.74) is 2.92. The number of ether oxygens (including phenoxy) is 1. The summed E-state index contributed by atoms with van der Waals surface area (Å²) in [7, 11) is 0. The van der Waals surface area contributed by atoms with Gasteiger partial charge in [-0.1, -0.05) is 55.8 Å². The molecule has 0 fully saturated rings. The van der Waals surface area contributed by atoms with Crippen molar-refractivity contribution in [1.82, 2.24) is 10.2 Å². The molecule has 2 amide bonds. The first-order chi connectivity index (χ1) is 13.7. The first kappa shape index (κ1) is 21.1. The minimum Gasteiger partial charge on any atom is -0.486 e. The predicted molar refractivity (Wildman–Crippen MR) is 118 cm³/mol. The van der Waals surface area contributed by atoms with Crippen molar-refractivity contribution < 1.29 is 9.53 Å². The van der Waals surface area contributed by atoms with E-state index in [1.54, 1.807) is 6.07 Å². The average Bonchev–Trinajstić information content (AvgIpc) is 3.08. The lowest BCUT2D eigenvalue weighted by Crippen LogP contribution is -2.19. The van der Waals surface area contributed by atoms with Gasteiger partial charge in [0.05, 0.1) is 0 Å². The third-order valence-electron chi connectivity index (χ3n) is 4.18. The van der Waals surface area contributed by atoms with E-state index < -0.39 is 0 Å². The summed E-state index contributed by atoms with van der Waals surface area (Å²) in [5, 5.41) is 15.3. The third-order valence-corrected chi connectivity index (χ3v) is 5.23. The first-order valence-electron chi connectivity index (χ1n) is 9.10. The summed E-state index contributed by atoms with van der Waals surface area (Å²) in [6, 6.07) is 12.8. The van der Waals surface area contributed by atoms with Crippen LogP contribution in [0.1, 0.15) is 36.9 Å². The predicted octanol–water partition coefficient (Wildman–Crippen LogP) is 6.02. The van der Waals surface area contributed by atoms with E-state index in [1.807, 2.05) is 43.3 Å². The molecule has 152 valence electrons. The van der Waals surface area contributed by atoms with Gasteiger partial charge in [-0.2, -0.15) is 0 Å². The van der Waals surface area contributed by atoms with Crippen molar-refractivity contribution in [3.8, 4) is 5.75 Å². The molecule has 1 heterocycles. The van der Waals surface area contributed by atoms with Gasteiger partial charge >= 0.3 is 6.03 Å². The number of urea groups is 1. The molecule has 0 spiro atoms. The number of hydrogen-bond acceptors (Lipinski definition) is 5. The lowest BCUT2D eigenvalue weighted by atomic mass is 9.87. The largest absolute Gasteiger partial charge is 0.486 e. The van der Waals surface area contributed by atoms with Crippen LogP contribution >= 0.6 is 22.9 Å². The number of aromatic nitrogens is 2. The Morgan fingerprint density at radius 2 is 1.83 bits per heavy atom. The number of carbonyl (C=O) groups excluding carboxylic acids is 1. The van der Waals surface area contributed by atoms with E-state index in [0.717, 1.165) is 11.3 Å². The zero-order valence-electron chi connectivity index (χ0n) is 16.7. The highest BCUT2D eigenvalue weighted by Gasteiger charge is 2.14. The van der Waals surface area contributed by atoms with Gasteiger partial charge < -0.3 is 10.1 Å². The average molecular weight is 431 g/mol. The van der Waals surface area contributed by atoms with Crippen LogP contribution in [0.2, 0.25) is 5.02 Å². The summed E-state index contributed by atoms with van der Waals surface area (Å²) in [4.78, 5) is 12.2. The van der Waals surface area contributed by atoms with Crippen LogP contribution in [0.15, 0.2) is 42.5 Å². The van der Waals surface area contributed by atoms with Gasteiger partial charge in [0.1, 0.15) is 12.4 Å². The Bertz CT molecular complexity index is 997. The van der Waals surface area contributed by atoms with Gasteiger partial charge in [0, 0.05) is 10.7 Å². The van der Waals surface area contributed by atoms with E-state index in [4.69, 9.17) is 16.3 Å². The van der Waals surface area contributed by atoms with Crippen LogP contribution < -0.4 is 15.4 Å². The molecule has 0 aliphatic rings. The van der Waals surface area contributed by atoms with Crippen LogP contribution in [-0.4, -0.2) is 16.2 Å². The number of aryl methyl sites for hydroxylation is 1. The van der Waals surface area contributed by atoms with Crippen molar-refractivity contribution >= 4 is 39.8 Å². The van der Waals surface area contributed by atoms with E-state index in [9.17, 15) is 4.79 Å². The summed E-state index contributed by atoms with van der Waals surface area (Å²) < 4.78 is 5.75. The van der Waals surface area contributed by atoms with Gasteiger partial charge in [-0.05, 0) is 53.8 Å². The van der Waals surface area contributed by atoms with Crippen LogP contribution in [0.5, 0.6) is 5.75 Å². The van der Waals surface area contributed by atoms with Gasteiger partial charge in [-0.25, -0.2) is 4.79 Å². The SMILES string of the molecule is Cc1cc(Cl)ccc1OCc1nnc(NC(=O)Nc2ccc(C(C)(C)C)cc2)s1. The number of rotatable bonds is 5. The summed E-state index contributed by atoms with van der Waals surface area (Å²) in [6.07, 6.45) is 0. The maximum absolute atomic E-state index is 12.2. The topological polar surface area (TPSA) is 76.1 Å². The molecule has 0 atom stereocenters. The third kappa shape index (κ3) is 5.92. The standard InChI is InChI=1S/C21H23ClN4O2S/c1-13-11-15(22)7-10-17(13)28-12-18-25-26-20(29-18)24-19(27)23-16-8-5-14(6-9-16)21(2,3)4/h5-11H,12H2,1-4H3,(H2,23,24,26,27). The van der Waals surface area contributed by atoms with Crippen molar-refractivity contribution in [3.05, 3.63) is 63.6 Å². The lowest BCUT2D eigenvalue weighted by Gasteiger charge is -2.19. The molecule has 0 aliphatic carbocycles. The van der Waals surface area contributed by atoms with Gasteiger partial charge in [-0.3, -0.25) is 5.32 Å². The normalized spacial score (nSPS) is 11.2. The van der Waals surface area contributed by atoms with Gasteiger partial charge in [0.15, 0.2) is 5.01 Å². The first-order valence-corrected chi connectivity index (χ1v) is 10.3. The number of carbonyl (C=O) groups is 1.